The number of phenols is 1. The smallest absolute Gasteiger partial charge is 0.251 e. The summed E-state index contributed by atoms with van der Waals surface area (Å²) in [5, 5.41) is 18.5. The molecule has 3 aromatic rings. The van der Waals surface area contributed by atoms with Crippen molar-refractivity contribution in [1.82, 2.24) is 10.3 Å². The average Bonchev–Trinajstić information content (AvgIpc) is 3.38. The predicted octanol–water partition coefficient (Wildman–Crippen LogP) is 5.04. The van der Waals surface area contributed by atoms with Crippen molar-refractivity contribution in [2.24, 2.45) is 0 Å². The number of thioether (sulfide) groups is 1. The molecule has 0 aliphatic carbocycles. The van der Waals surface area contributed by atoms with Crippen molar-refractivity contribution in [3.05, 3.63) is 77.3 Å². The number of rotatable bonds is 7. The highest BCUT2D eigenvalue weighted by Gasteiger charge is 2.15. The van der Waals surface area contributed by atoms with E-state index in [1.54, 1.807) is 49.3 Å². The number of nitrogens with zero attached hydrogens (tertiary/aromatic N) is 1. The Kier molecular flexibility index (Phi) is 8.81. The lowest BCUT2D eigenvalue weighted by molar-refractivity contribution is 0.0948. The summed E-state index contributed by atoms with van der Waals surface area (Å²) in [7, 11) is 1.57. The normalized spacial score (nSPS) is 14.1. The van der Waals surface area contributed by atoms with Gasteiger partial charge in [-0.3, -0.25) is 4.79 Å². The summed E-state index contributed by atoms with van der Waals surface area (Å²) in [6.07, 6.45) is 3.64. The lowest BCUT2D eigenvalue weighted by Crippen LogP contribution is -2.33. The third kappa shape index (κ3) is 6.02. The minimum atomic E-state index is -0.156. The average molecular weight is 479 g/mol. The van der Waals surface area contributed by atoms with Crippen LogP contribution in [0.5, 0.6) is 11.6 Å². The highest BCUT2D eigenvalue weighted by Crippen LogP contribution is 2.32. The van der Waals surface area contributed by atoms with Gasteiger partial charge in [0.25, 0.3) is 5.91 Å². The van der Waals surface area contributed by atoms with Gasteiger partial charge in [-0.1, -0.05) is 26.0 Å². The molecule has 1 aliphatic rings. The van der Waals surface area contributed by atoms with E-state index in [0.717, 1.165) is 16.9 Å². The number of pyridine rings is 1. The van der Waals surface area contributed by atoms with Crippen LogP contribution in [0.2, 0.25) is 0 Å². The van der Waals surface area contributed by atoms with E-state index >= 15 is 0 Å². The first kappa shape index (κ1) is 25.0. The summed E-state index contributed by atoms with van der Waals surface area (Å²) >= 11 is 1.67. The van der Waals surface area contributed by atoms with E-state index in [0.29, 0.717) is 34.9 Å². The molecule has 178 valence electrons. The minimum Gasteiger partial charge on any atom is -0.508 e. The van der Waals surface area contributed by atoms with E-state index in [-0.39, 0.29) is 17.7 Å². The number of ether oxygens (including phenoxy) is 1. The van der Waals surface area contributed by atoms with Crippen LogP contribution in [0.25, 0.3) is 11.1 Å². The minimum absolute atomic E-state index is 0.0419. The number of aromatic nitrogens is 1. The standard InChI is InChI=1S/C24H24N4O3S.C2H6/c1-31-24-19(3-2-9-26-24)15-5-7-22(29)17(11-15)13-27-21-6-4-16(12-20(21)25)23(30)28-18-8-10-32-14-18;1-2/h2-12,18,27,29H,13-14,25H2,1H3,(H,28,30);1-2H3. The molecule has 1 unspecified atom stereocenters. The second-order valence-corrected chi connectivity index (χ2v) is 8.24. The summed E-state index contributed by atoms with van der Waals surface area (Å²) in [4.78, 5) is 16.7. The summed E-state index contributed by atoms with van der Waals surface area (Å²) < 4.78 is 5.34. The monoisotopic (exact) mass is 478 g/mol. The number of phenolic OH excluding ortho intramolecular Hbond substituents is 1. The number of nitrogen functional groups attached to an aromatic ring is 1. The van der Waals surface area contributed by atoms with Gasteiger partial charge in [-0.05, 0) is 53.4 Å². The molecule has 1 aromatic heterocycles. The largest absolute Gasteiger partial charge is 0.508 e. The Morgan fingerprint density at radius 1 is 1.24 bits per heavy atom. The third-order valence-electron chi connectivity index (χ3n) is 5.14. The maximum atomic E-state index is 12.4. The first-order valence-corrected chi connectivity index (χ1v) is 12.1. The van der Waals surface area contributed by atoms with Gasteiger partial charge in [-0.2, -0.15) is 0 Å². The van der Waals surface area contributed by atoms with Gasteiger partial charge in [0.2, 0.25) is 5.88 Å². The highest BCUT2D eigenvalue weighted by molar-refractivity contribution is 8.02. The Morgan fingerprint density at radius 3 is 2.76 bits per heavy atom. The molecular formula is C26H30N4O3S. The lowest BCUT2D eigenvalue weighted by atomic mass is 10.0. The molecule has 0 spiro atoms. The van der Waals surface area contributed by atoms with Crippen molar-refractivity contribution < 1.29 is 14.6 Å². The van der Waals surface area contributed by atoms with Crippen LogP contribution in [0.3, 0.4) is 0 Å². The van der Waals surface area contributed by atoms with Crippen molar-refractivity contribution in [2.75, 3.05) is 23.9 Å². The zero-order chi connectivity index (χ0) is 24.5. The molecule has 7 nitrogen and oxygen atoms in total. The van der Waals surface area contributed by atoms with E-state index < -0.39 is 0 Å². The summed E-state index contributed by atoms with van der Waals surface area (Å²) in [6.45, 7) is 4.35. The molecule has 0 bridgehead atoms. The number of hydrogen-bond acceptors (Lipinski definition) is 7. The molecule has 8 heteroatoms. The number of benzene rings is 2. The SMILES string of the molecule is CC.COc1ncccc1-c1ccc(O)c(CNc2ccc(C(=O)NC3C=CSC3)cc2N)c1. The summed E-state index contributed by atoms with van der Waals surface area (Å²) in [5.41, 5.74) is 10.2. The Morgan fingerprint density at radius 2 is 2.06 bits per heavy atom. The van der Waals surface area contributed by atoms with Crippen LogP contribution in [0, 0.1) is 0 Å². The number of nitrogens with one attached hydrogen (secondary N) is 2. The number of carbonyl (C=O) groups is 1. The molecule has 1 aliphatic heterocycles. The van der Waals surface area contributed by atoms with Gasteiger partial charge in [0.1, 0.15) is 5.75 Å². The molecule has 34 heavy (non-hydrogen) atoms. The van der Waals surface area contributed by atoms with Gasteiger partial charge in [-0.25, -0.2) is 4.98 Å². The Hall–Kier alpha value is -3.65. The number of methoxy groups -OCH3 is 1. The molecule has 4 rings (SSSR count). The Balaban J connectivity index is 0.00000158. The van der Waals surface area contributed by atoms with Crippen molar-refractivity contribution in [3.8, 4) is 22.8 Å². The van der Waals surface area contributed by atoms with E-state index in [1.807, 2.05) is 49.6 Å². The Bertz CT molecular complexity index is 1170. The molecule has 0 fully saturated rings. The fraction of sp³-hybridized carbons (Fsp3) is 0.231. The van der Waals surface area contributed by atoms with Gasteiger partial charge in [0.15, 0.2) is 0 Å². The number of aromatic hydroxyl groups is 1. The maximum Gasteiger partial charge on any atom is 0.251 e. The number of carbonyl (C=O) groups excluding carboxylic acids is 1. The van der Waals surface area contributed by atoms with E-state index in [1.165, 1.54) is 0 Å². The zero-order valence-corrected chi connectivity index (χ0v) is 20.4. The van der Waals surface area contributed by atoms with Gasteiger partial charge < -0.3 is 26.2 Å². The van der Waals surface area contributed by atoms with Gasteiger partial charge in [0.05, 0.1) is 24.5 Å². The second kappa shape index (κ2) is 12.0. The molecule has 2 aromatic carbocycles. The third-order valence-corrected chi connectivity index (χ3v) is 6.04. The quantitative estimate of drug-likeness (QED) is 0.352. The molecule has 1 amide bonds. The number of nitrogens with two attached hydrogens (primary N) is 1. The lowest BCUT2D eigenvalue weighted by Gasteiger charge is -2.14. The molecule has 0 saturated heterocycles. The summed E-state index contributed by atoms with van der Waals surface area (Å²) in [5.74, 6) is 1.37. The molecule has 0 saturated carbocycles. The van der Waals surface area contributed by atoms with Crippen molar-refractivity contribution in [1.29, 1.82) is 0 Å². The maximum absolute atomic E-state index is 12.4. The topological polar surface area (TPSA) is 110 Å². The first-order valence-electron chi connectivity index (χ1n) is 11.1. The zero-order valence-electron chi connectivity index (χ0n) is 19.5. The number of anilines is 2. The van der Waals surface area contributed by atoms with E-state index in [2.05, 4.69) is 15.6 Å². The first-order chi connectivity index (χ1) is 16.5. The van der Waals surface area contributed by atoms with Gasteiger partial charge >= 0.3 is 0 Å². The number of hydrogen-bond donors (Lipinski definition) is 4. The van der Waals surface area contributed by atoms with Crippen molar-refractivity contribution in [3.63, 3.8) is 0 Å². The van der Waals surface area contributed by atoms with Crippen LogP contribution in [0.4, 0.5) is 11.4 Å². The van der Waals surface area contributed by atoms with Gasteiger partial charge in [-0.15, -0.1) is 11.8 Å². The van der Waals surface area contributed by atoms with E-state index in [9.17, 15) is 9.90 Å². The van der Waals surface area contributed by atoms with Crippen molar-refractivity contribution in [2.45, 2.75) is 26.4 Å². The fourth-order valence-electron chi connectivity index (χ4n) is 3.43. The van der Waals surface area contributed by atoms with Gasteiger partial charge in [0, 0.05) is 35.2 Å². The fourth-order valence-corrected chi connectivity index (χ4v) is 4.24. The predicted molar refractivity (Wildman–Crippen MR) is 140 cm³/mol. The van der Waals surface area contributed by atoms with Crippen LogP contribution >= 0.6 is 11.8 Å². The second-order valence-electron chi connectivity index (χ2n) is 7.30. The number of amides is 1. The van der Waals surface area contributed by atoms with Crippen LogP contribution in [0.15, 0.2) is 66.2 Å². The van der Waals surface area contributed by atoms with Crippen molar-refractivity contribution >= 4 is 29.0 Å². The summed E-state index contributed by atoms with van der Waals surface area (Å²) in [6, 6.07) is 14.3. The molecular weight excluding hydrogens is 448 g/mol. The van der Waals surface area contributed by atoms with E-state index in [4.69, 9.17) is 10.5 Å². The van der Waals surface area contributed by atoms with Crippen LogP contribution < -0.4 is 21.1 Å². The molecule has 2 heterocycles. The van der Waals surface area contributed by atoms with Crippen LogP contribution in [-0.2, 0) is 6.54 Å². The molecule has 5 N–H and O–H groups in total. The molecule has 1 atom stereocenters. The highest BCUT2D eigenvalue weighted by atomic mass is 32.2. The Labute approximate surface area is 204 Å². The molecule has 0 radical (unpaired) electrons. The van der Waals surface area contributed by atoms with Crippen LogP contribution in [-0.4, -0.2) is 34.9 Å². The van der Waals surface area contributed by atoms with Crippen LogP contribution in [0.1, 0.15) is 29.8 Å².